The van der Waals surface area contributed by atoms with E-state index in [4.69, 9.17) is 4.42 Å². The minimum absolute atomic E-state index is 0.143. The van der Waals surface area contributed by atoms with Gasteiger partial charge in [0, 0.05) is 44.0 Å². The summed E-state index contributed by atoms with van der Waals surface area (Å²) in [5, 5.41) is 0.408. The van der Waals surface area contributed by atoms with Crippen molar-refractivity contribution in [3.05, 3.63) is 58.6 Å². The predicted octanol–water partition coefficient (Wildman–Crippen LogP) is 2.75. The Bertz CT molecular complexity index is 978. The molecule has 0 aliphatic carbocycles. The first kappa shape index (κ1) is 15.8. The molecule has 128 valence electrons. The van der Waals surface area contributed by atoms with Gasteiger partial charge in [-0.1, -0.05) is 12.1 Å². The Morgan fingerprint density at radius 1 is 1.12 bits per heavy atom. The Labute approximate surface area is 144 Å². The highest BCUT2D eigenvalue weighted by Gasteiger charge is 2.20. The lowest BCUT2D eigenvalue weighted by Gasteiger charge is -2.32. The zero-order valence-electron chi connectivity index (χ0n) is 13.9. The molecule has 1 aliphatic rings. The fourth-order valence-corrected chi connectivity index (χ4v) is 3.10. The number of aromatic nitrogens is 1. The lowest BCUT2D eigenvalue weighted by atomic mass is 10.1. The summed E-state index contributed by atoms with van der Waals surface area (Å²) >= 11 is 0. The molecule has 6 heteroatoms. The largest absolute Gasteiger partial charge is 0.438 e. The molecule has 3 heterocycles. The van der Waals surface area contributed by atoms with Crippen LogP contribution in [0.25, 0.3) is 22.2 Å². The van der Waals surface area contributed by atoms with E-state index in [0.717, 1.165) is 26.2 Å². The second kappa shape index (κ2) is 6.29. The first-order valence-electron chi connectivity index (χ1n) is 8.25. The summed E-state index contributed by atoms with van der Waals surface area (Å²) in [4.78, 5) is 21.1. The minimum Gasteiger partial charge on any atom is -0.438 e. The first-order valence-corrected chi connectivity index (χ1v) is 8.25. The molecule has 0 spiro atoms. The van der Waals surface area contributed by atoms with Gasteiger partial charge in [0.2, 0.25) is 0 Å². The van der Waals surface area contributed by atoms with Crippen LogP contribution in [-0.2, 0) is 0 Å². The van der Waals surface area contributed by atoms with Gasteiger partial charge in [0.1, 0.15) is 11.5 Å². The molecular weight excluding hydrogens is 321 g/mol. The second-order valence-electron chi connectivity index (χ2n) is 6.26. The van der Waals surface area contributed by atoms with E-state index >= 15 is 0 Å². The van der Waals surface area contributed by atoms with Crippen LogP contribution in [0.5, 0.6) is 0 Å². The Morgan fingerprint density at radius 3 is 2.64 bits per heavy atom. The summed E-state index contributed by atoms with van der Waals surface area (Å²) < 4.78 is 20.3. The monoisotopic (exact) mass is 339 g/mol. The average molecular weight is 339 g/mol. The predicted molar refractivity (Wildman–Crippen MR) is 95.4 cm³/mol. The molecule has 5 nitrogen and oxygen atoms in total. The van der Waals surface area contributed by atoms with Crippen molar-refractivity contribution in [2.24, 2.45) is 0 Å². The normalized spacial score (nSPS) is 15.7. The Balaban J connectivity index is 1.88. The number of anilines is 1. The molecule has 25 heavy (non-hydrogen) atoms. The maximum Gasteiger partial charge on any atom is 0.200 e. The van der Waals surface area contributed by atoms with Crippen molar-refractivity contribution in [1.82, 2.24) is 9.88 Å². The van der Waals surface area contributed by atoms with Crippen molar-refractivity contribution >= 4 is 16.9 Å². The van der Waals surface area contributed by atoms with Crippen molar-refractivity contribution in [1.29, 1.82) is 0 Å². The first-order chi connectivity index (χ1) is 12.1. The van der Waals surface area contributed by atoms with E-state index in [1.165, 1.54) is 18.3 Å². The third-order valence-electron chi connectivity index (χ3n) is 4.58. The lowest BCUT2D eigenvalue weighted by molar-refractivity contribution is 0.306. The highest BCUT2D eigenvalue weighted by molar-refractivity contribution is 5.90. The number of piperazine rings is 1. The van der Waals surface area contributed by atoms with E-state index in [0.29, 0.717) is 28.1 Å². The third kappa shape index (κ3) is 2.89. The molecule has 0 N–H and O–H groups in total. The molecule has 1 saturated heterocycles. The SMILES string of the molecule is CN1CCN(c2cc(=O)c3ccnc(-c4ccccc4F)c3o2)CC1. The fraction of sp³-hybridized carbons (Fsp3) is 0.263. The van der Waals surface area contributed by atoms with Gasteiger partial charge in [-0.25, -0.2) is 4.39 Å². The van der Waals surface area contributed by atoms with Gasteiger partial charge in [-0.15, -0.1) is 0 Å². The van der Waals surface area contributed by atoms with Crippen LogP contribution in [0.15, 0.2) is 51.8 Å². The summed E-state index contributed by atoms with van der Waals surface area (Å²) in [7, 11) is 2.06. The van der Waals surface area contributed by atoms with Crippen molar-refractivity contribution in [3.63, 3.8) is 0 Å². The van der Waals surface area contributed by atoms with Gasteiger partial charge in [0.05, 0.1) is 5.39 Å². The standard InChI is InChI=1S/C19H18FN3O2/c1-22-8-10-23(11-9-22)17-12-16(24)14-6-7-21-18(19(14)25-17)13-4-2-3-5-15(13)20/h2-7,12H,8-11H2,1H3. The fourth-order valence-electron chi connectivity index (χ4n) is 3.10. The molecule has 1 aliphatic heterocycles. The van der Waals surface area contributed by atoms with Gasteiger partial charge < -0.3 is 14.2 Å². The number of likely N-dealkylation sites (N-methyl/N-ethyl adjacent to an activating group) is 1. The van der Waals surface area contributed by atoms with Crippen molar-refractivity contribution in [2.45, 2.75) is 0 Å². The maximum atomic E-state index is 14.2. The summed E-state index contributed by atoms with van der Waals surface area (Å²) in [5.74, 6) is 0.117. The summed E-state index contributed by atoms with van der Waals surface area (Å²) in [6.45, 7) is 3.35. The van der Waals surface area contributed by atoms with Crippen molar-refractivity contribution < 1.29 is 8.81 Å². The van der Waals surface area contributed by atoms with Crippen LogP contribution in [0.2, 0.25) is 0 Å². The van der Waals surface area contributed by atoms with Gasteiger partial charge in [0.15, 0.2) is 16.9 Å². The quantitative estimate of drug-likeness (QED) is 0.718. The highest BCUT2D eigenvalue weighted by atomic mass is 19.1. The van der Waals surface area contributed by atoms with Gasteiger partial charge in [-0.05, 0) is 25.2 Å². The summed E-state index contributed by atoms with van der Waals surface area (Å²) in [5.41, 5.74) is 0.861. The van der Waals surface area contributed by atoms with Crippen LogP contribution < -0.4 is 10.3 Å². The minimum atomic E-state index is -0.393. The van der Waals surface area contributed by atoms with Gasteiger partial charge in [0.25, 0.3) is 0 Å². The van der Waals surface area contributed by atoms with Crippen LogP contribution in [0.4, 0.5) is 10.3 Å². The second-order valence-corrected chi connectivity index (χ2v) is 6.26. The number of pyridine rings is 1. The van der Waals surface area contributed by atoms with Gasteiger partial charge in [-0.2, -0.15) is 0 Å². The number of nitrogens with zero attached hydrogens (tertiary/aromatic N) is 3. The number of fused-ring (bicyclic) bond motifs is 1. The summed E-state index contributed by atoms with van der Waals surface area (Å²) in [6, 6.07) is 9.49. The van der Waals surface area contributed by atoms with Crippen molar-refractivity contribution in [2.75, 3.05) is 38.1 Å². The molecular formula is C19H18FN3O2. The van der Waals surface area contributed by atoms with Crippen LogP contribution in [-0.4, -0.2) is 43.1 Å². The Kier molecular flexibility index (Phi) is 3.97. The molecule has 1 aromatic carbocycles. The molecule has 1 fully saturated rings. The molecule has 4 rings (SSSR count). The van der Waals surface area contributed by atoms with E-state index in [2.05, 4.69) is 16.9 Å². The van der Waals surface area contributed by atoms with E-state index in [-0.39, 0.29) is 5.43 Å². The van der Waals surface area contributed by atoms with E-state index < -0.39 is 5.82 Å². The van der Waals surface area contributed by atoms with Crippen LogP contribution >= 0.6 is 0 Å². The molecule has 0 unspecified atom stereocenters. The number of hydrogen-bond acceptors (Lipinski definition) is 5. The molecule has 0 atom stereocenters. The number of benzene rings is 1. The third-order valence-corrected chi connectivity index (χ3v) is 4.58. The topological polar surface area (TPSA) is 49.6 Å². The van der Waals surface area contributed by atoms with Crippen LogP contribution in [0.1, 0.15) is 0 Å². The molecule has 2 aromatic heterocycles. The molecule has 0 amide bonds. The molecule has 0 saturated carbocycles. The maximum absolute atomic E-state index is 14.2. The van der Waals surface area contributed by atoms with Gasteiger partial charge in [-0.3, -0.25) is 9.78 Å². The number of rotatable bonds is 2. The van der Waals surface area contributed by atoms with E-state index in [9.17, 15) is 9.18 Å². The Hall–Kier alpha value is -2.73. The van der Waals surface area contributed by atoms with Crippen LogP contribution in [0.3, 0.4) is 0 Å². The summed E-state index contributed by atoms with van der Waals surface area (Å²) in [6.07, 6.45) is 1.51. The average Bonchev–Trinajstić information content (AvgIpc) is 2.62. The molecule has 0 radical (unpaired) electrons. The van der Waals surface area contributed by atoms with E-state index in [1.54, 1.807) is 24.3 Å². The van der Waals surface area contributed by atoms with E-state index in [1.807, 2.05) is 4.90 Å². The van der Waals surface area contributed by atoms with Gasteiger partial charge >= 0.3 is 0 Å². The Morgan fingerprint density at radius 2 is 1.88 bits per heavy atom. The lowest BCUT2D eigenvalue weighted by Crippen LogP contribution is -2.44. The zero-order chi connectivity index (χ0) is 17.4. The highest BCUT2D eigenvalue weighted by Crippen LogP contribution is 2.29. The molecule has 0 bridgehead atoms. The smallest absolute Gasteiger partial charge is 0.200 e. The number of hydrogen-bond donors (Lipinski definition) is 0. The zero-order valence-corrected chi connectivity index (χ0v) is 13.9. The molecule has 3 aromatic rings. The van der Waals surface area contributed by atoms with Crippen molar-refractivity contribution in [3.8, 4) is 11.3 Å². The van der Waals surface area contributed by atoms with Crippen LogP contribution in [0, 0.1) is 5.82 Å². The number of halogens is 1.